The third-order valence-electron chi connectivity index (χ3n) is 0.524. The Morgan fingerprint density at radius 2 is 2.40 bits per heavy atom. The second-order valence-electron chi connectivity index (χ2n) is 1.13. The van der Waals surface area contributed by atoms with E-state index >= 15 is 0 Å². The molecule has 0 spiro atoms. The highest BCUT2D eigenvalue weighted by molar-refractivity contribution is 5.83. The molecule has 0 aromatic heterocycles. The van der Waals surface area contributed by atoms with Crippen molar-refractivity contribution in [2.45, 2.75) is 0 Å². The van der Waals surface area contributed by atoms with Gasteiger partial charge >= 0.3 is 5.84 Å². The molecule has 0 aliphatic heterocycles. The highest BCUT2D eigenvalue weighted by atomic mass is 16.7. The number of aliphatic hydroxyl groups is 1. The van der Waals surface area contributed by atoms with Gasteiger partial charge in [0.25, 0.3) is 0 Å². The summed E-state index contributed by atoms with van der Waals surface area (Å²) in [6, 6.07) is 0. The maximum Gasteiger partial charge on any atom is 0.312 e. The molecular weight excluding hydrogens is 142 g/mol. The van der Waals surface area contributed by atoms with E-state index in [0.717, 1.165) is 0 Å². The van der Waals surface area contributed by atoms with Crippen molar-refractivity contribution in [3.05, 3.63) is 10.1 Å². The van der Waals surface area contributed by atoms with Gasteiger partial charge in [0, 0.05) is 0 Å². The van der Waals surface area contributed by atoms with E-state index in [9.17, 15) is 10.1 Å². The minimum Gasteiger partial charge on any atom is -0.386 e. The molecule has 0 saturated heterocycles. The first-order chi connectivity index (χ1) is 4.70. The van der Waals surface area contributed by atoms with Crippen molar-refractivity contribution in [1.29, 1.82) is 0 Å². The Morgan fingerprint density at radius 1 is 1.80 bits per heavy atom. The van der Waals surface area contributed by atoms with Crippen molar-refractivity contribution in [2.75, 3.05) is 6.61 Å². The molecule has 3 N–H and O–H groups in total. The van der Waals surface area contributed by atoms with Crippen molar-refractivity contribution in [1.82, 2.24) is 0 Å². The average Bonchev–Trinajstić information content (AvgIpc) is 1.90. The van der Waals surface area contributed by atoms with E-state index in [1.165, 1.54) is 0 Å². The fraction of sp³-hybridized carbons (Fsp3) is 0.500. The molecule has 8 nitrogen and oxygen atoms in total. The molecule has 0 aromatic rings. The topological polar surface area (TPSA) is 126 Å². The summed E-state index contributed by atoms with van der Waals surface area (Å²) in [6.45, 7) is -0.576. The number of hydrogen-bond acceptors (Lipinski definition) is 5. The SMILES string of the molecule is NN=C(CO)N=N[N+](=O)[O-]. The molecule has 0 heterocycles. The van der Waals surface area contributed by atoms with Crippen LogP contribution in [0.1, 0.15) is 0 Å². The number of hydrogen-bond donors (Lipinski definition) is 2. The van der Waals surface area contributed by atoms with Gasteiger partial charge in [-0.25, -0.2) is 0 Å². The molecule has 0 aromatic carbocycles. The van der Waals surface area contributed by atoms with Crippen molar-refractivity contribution in [3.63, 3.8) is 0 Å². The molecule has 0 aliphatic rings. The van der Waals surface area contributed by atoms with E-state index in [1.807, 2.05) is 0 Å². The molecule has 0 rings (SSSR count). The lowest BCUT2D eigenvalue weighted by Gasteiger charge is -1.80. The van der Waals surface area contributed by atoms with Gasteiger partial charge in [0.2, 0.25) is 0 Å². The van der Waals surface area contributed by atoms with Crippen LogP contribution in [0.15, 0.2) is 15.4 Å². The fourth-order valence-electron chi connectivity index (χ4n) is 0.186. The predicted octanol–water partition coefficient (Wildman–Crippen LogP) is -1.11. The molecule has 0 saturated carbocycles. The van der Waals surface area contributed by atoms with E-state index in [1.54, 1.807) is 0 Å². The van der Waals surface area contributed by atoms with Crippen LogP contribution in [0, 0.1) is 10.1 Å². The van der Waals surface area contributed by atoms with Crippen LogP contribution >= 0.6 is 0 Å². The zero-order valence-corrected chi connectivity index (χ0v) is 4.84. The Balaban J connectivity index is 3.98. The molecule has 10 heavy (non-hydrogen) atoms. The molecule has 8 heteroatoms. The maximum atomic E-state index is 9.50. The maximum absolute atomic E-state index is 9.50. The van der Waals surface area contributed by atoms with Gasteiger partial charge in [0.05, 0.1) is 10.1 Å². The summed E-state index contributed by atoms with van der Waals surface area (Å²) in [7, 11) is 0. The van der Waals surface area contributed by atoms with Gasteiger partial charge in [-0.1, -0.05) is 0 Å². The number of amidine groups is 1. The van der Waals surface area contributed by atoms with Crippen molar-refractivity contribution in [2.24, 2.45) is 21.3 Å². The summed E-state index contributed by atoms with van der Waals surface area (Å²) in [5.41, 5.74) is 0. The molecule has 0 amide bonds. The van der Waals surface area contributed by atoms with Crippen molar-refractivity contribution in [3.8, 4) is 0 Å². The second kappa shape index (κ2) is 4.32. The Bertz CT molecular complexity index is 174. The zero-order chi connectivity index (χ0) is 7.98. The van der Waals surface area contributed by atoms with E-state index in [4.69, 9.17) is 5.11 Å². The van der Waals surface area contributed by atoms with Gasteiger partial charge in [0.1, 0.15) is 6.61 Å². The Morgan fingerprint density at radius 3 is 2.70 bits per heavy atom. The molecule has 56 valence electrons. The van der Waals surface area contributed by atoms with E-state index < -0.39 is 11.6 Å². The monoisotopic (exact) mass is 147 g/mol. The van der Waals surface area contributed by atoms with Crippen LogP contribution in [-0.4, -0.2) is 22.6 Å². The normalized spacial score (nSPS) is 12.3. The van der Waals surface area contributed by atoms with Crippen LogP contribution in [0.4, 0.5) is 0 Å². The lowest BCUT2D eigenvalue weighted by atomic mass is 10.7. The van der Waals surface area contributed by atoms with E-state index in [2.05, 4.69) is 21.3 Å². The molecule has 0 unspecified atom stereocenters. The molecule has 0 radical (unpaired) electrons. The van der Waals surface area contributed by atoms with Crippen LogP contribution in [0.2, 0.25) is 0 Å². The first-order valence-electron chi connectivity index (χ1n) is 2.14. The minimum absolute atomic E-state index is 0.295. The van der Waals surface area contributed by atoms with Crippen LogP contribution in [-0.2, 0) is 0 Å². The van der Waals surface area contributed by atoms with Crippen LogP contribution in [0.5, 0.6) is 0 Å². The number of nitro groups is 1. The molecule has 0 aliphatic carbocycles. The first-order valence-corrected chi connectivity index (χ1v) is 2.14. The number of hydrazone groups is 1. The van der Waals surface area contributed by atoms with Gasteiger partial charge in [-0.2, -0.15) is 0 Å². The Hall–Kier alpha value is -1.57. The summed E-state index contributed by atoms with van der Waals surface area (Å²) < 4.78 is 0. The lowest BCUT2D eigenvalue weighted by Crippen LogP contribution is -2.03. The molecule has 0 bridgehead atoms. The first kappa shape index (κ1) is 8.43. The van der Waals surface area contributed by atoms with Crippen LogP contribution < -0.4 is 5.84 Å². The Kier molecular flexibility index (Phi) is 3.64. The summed E-state index contributed by atoms with van der Waals surface area (Å²) in [4.78, 5) is 9.50. The van der Waals surface area contributed by atoms with Gasteiger partial charge in [-0.15, -0.1) is 5.10 Å². The third-order valence-corrected chi connectivity index (χ3v) is 0.524. The highest BCUT2D eigenvalue weighted by Crippen LogP contribution is 1.79. The van der Waals surface area contributed by atoms with Gasteiger partial charge < -0.3 is 21.1 Å². The number of nitrogens with two attached hydrogens (primary N) is 1. The van der Waals surface area contributed by atoms with Crippen molar-refractivity contribution >= 4 is 5.84 Å². The van der Waals surface area contributed by atoms with Crippen molar-refractivity contribution < 1.29 is 10.1 Å². The Labute approximate surface area is 55.2 Å². The van der Waals surface area contributed by atoms with Gasteiger partial charge in [-0.3, -0.25) is 0 Å². The van der Waals surface area contributed by atoms with Crippen LogP contribution in [0.25, 0.3) is 0 Å². The highest BCUT2D eigenvalue weighted by Gasteiger charge is 2.00. The van der Waals surface area contributed by atoms with Crippen LogP contribution in [0.3, 0.4) is 0 Å². The molecule has 0 atom stereocenters. The summed E-state index contributed by atoms with van der Waals surface area (Å²) in [6.07, 6.45) is 0. The largest absolute Gasteiger partial charge is 0.386 e. The summed E-state index contributed by atoms with van der Waals surface area (Å²) in [5, 5.41) is 24.9. The van der Waals surface area contributed by atoms with Gasteiger partial charge in [0.15, 0.2) is 5.22 Å². The van der Waals surface area contributed by atoms with E-state index in [0.29, 0.717) is 0 Å². The summed E-state index contributed by atoms with van der Waals surface area (Å²) in [5.74, 6) is 4.33. The quantitative estimate of drug-likeness (QED) is 0.128. The standard InChI is InChI=1S/C2H5N5O3/c3-4-2(1-8)5-6-7(9)10/h8H,1,3H2. The smallest absolute Gasteiger partial charge is 0.312 e. The molecule has 0 fully saturated rings. The summed E-state index contributed by atoms with van der Waals surface area (Å²) >= 11 is 0. The number of aliphatic hydroxyl groups excluding tert-OH is 1. The predicted molar refractivity (Wildman–Crippen MR) is 30.6 cm³/mol. The number of rotatable bonds is 2. The molecular formula is C2H5N5O3. The van der Waals surface area contributed by atoms with Gasteiger partial charge in [-0.05, 0) is 0 Å². The lowest BCUT2D eigenvalue weighted by molar-refractivity contribution is -0.493. The number of nitrogens with zero attached hydrogens (tertiary/aromatic N) is 4. The average molecular weight is 147 g/mol. The minimum atomic E-state index is -1.03. The van der Waals surface area contributed by atoms with E-state index in [-0.39, 0.29) is 5.84 Å². The zero-order valence-electron chi connectivity index (χ0n) is 4.84. The second-order valence-corrected chi connectivity index (χ2v) is 1.13. The third kappa shape index (κ3) is 3.43. The fourth-order valence-corrected chi connectivity index (χ4v) is 0.186.